The zero-order valence-electron chi connectivity index (χ0n) is 12.0. The van der Waals surface area contributed by atoms with Gasteiger partial charge in [-0.3, -0.25) is 4.79 Å². The third-order valence-electron chi connectivity index (χ3n) is 2.78. The number of amides is 1. The van der Waals surface area contributed by atoms with Crippen LogP contribution in [0.15, 0.2) is 41.8 Å². The van der Waals surface area contributed by atoms with Crippen molar-refractivity contribution < 1.29 is 14.3 Å². The Morgan fingerprint density at radius 3 is 2.48 bits per heavy atom. The Bertz CT molecular complexity index is 537. The van der Waals surface area contributed by atoms with Crippen molar-refractivity contribution in [2.75, 3.05) is 19.8 Å². The van der Waals surface area contributed by atoms with Crippen LogP contribution in [0.2, 0.25) is 0 Å². The quantitative estimate of drug-likeness (QED) is 0.816. The minimum Gasteiger partial charge on any atom is -0.494 e. The summed E-state index contributed by atoms with van der Waals surface area (Å²) in [7, 11) is 0. The molecule has 0 saturated carbocycles. The van der Waals surface area contributed by atoms with E-state index in [1.54, 1.807) is 23.5 Å². The fourth-order valence-electron chi connectivity index (χ4n) is 1.78. The lowest BCUT2D eigenvalue weighted by molar-refractivity contribution is -0.123. The molecule has 0 radical (unpaired) electrons. The first-order chi connectivity index (χ1) is 10.3. The fraction of sp³-hybridized carbons (Fsp3) is 0.312. The Hall–Kier alpha value is -2.01. The Morgan fingerprint density at radius 2 is 1.86 bits per heavy atom. The molecule has 0 unspecified atom stereocenters. The molecular formula is C16H19NO3S. The molecule has 0 aliphatic heterocycles. The van der Waals surface area contributed by atoms with E-state index >= 15 is 0 Å². The smallest absolute Gasteiger partial charge is 0.257 e. The monoisotopic (exact) mass is 305 g/mol. The SMILES string of the molecule is CCOc1ccc(OCC(=O)NCCc2cccs2)cc1. The topological polar surface area (TPSA) is 47.6 Å². The van der Waals surface area contributed by atoms with Gasteiger partial charge in [0.25, 0.3) is 5.91 Å². The van der Waals surface area contributed by atoms with Crippen LogP contribution < -0.4 is 14.8 Å². The summed E-state index contributed by atoms with van der Waals surface area (Å²) >= 11 is 1.70. The summed E-state index contributed by atoms with van der Waals surface area (Å²) in [5.41, 5.74) is 0. The predicted molar refractivity (Wildman–Crippen MR) is 84.1 cm³/mol. The number of thiophene rings is 1. The third kappa shape index (κ3) is 5.47. The average molecular weight is 305 g/mol. The molecule has 0 spiro atoms. The molecule has 21 heavy (non-hydrogen) atoms. The molecule has 4 nitrogen and oxygen atoms in total. The van der Waals surface area contributed by atoms with E-state index in [-0.39, 0.29) is 12.5 Å². The van der Waals surface area contributed by atoms with Crippen molar-refractivity contribution in [3.8, 4) is 11.5 Å². The summed E-state index contributed by atoms with van der Waals surface area (Å²) < 4.78 is 10.8. The van der Waals surface area contributed by atoms with Gasteiger partial charge in [-0.1, -0.05) is 6.07 Å². The summed E-state index contributed by atoms with van der Waals surface area (Å²) in [6.07, 6.45) is 0.854. The standard InChI is InChI=1S/C16H19NO3S/c1-2-19-13-5-7-14(8-6-13)20-12-16(18)17-10-9-15-4-3-11-21-15/h3-8,11H,2,9-10,12H2,1H3,(H,17,18). The molecule has 1 N–H and O–H groups in total. The zero-order valence-corrected chi connectivity index (χ0v) is 12.8. The predicted octanol–water partition coefficient (Wildman–Crippen LogP) is 2.88. The first-order valence-electron chi connectivity index (χ1n) is 6.92. The lowest BCUT2D eigenvalue weighted by Crippen LogP contribution is -2.30. The van der Waals surface area contributed by atoms with E-state index in [4.69, 9.17) is 9.47 Å². The molecule has 1 aromatic carbocycles. The average Bonchev–Trinajstić information content (AvgIpc) is 3.00. The summed E-state index contributed by atoms with van der Waals surface area (Å²) in [4.78, 5) is 12.9. The van der Waals surface area contributed by atoms with Crippen molar-refractivity contribution in [3.05, 3.63) is 46.7 Å². The zero-order chi connectivity index (χ0) is 14.9. The summed E-state index contributed by atoms with van der Waals surface area (Å²) in [6.45, 7) is 3.22. The Labute approximate surface area is 128 Å². The van der Waals surface area contributed by atoms with Crippen molar-refractivity contribution in [2.45, 2.75) is 13.3 Å². The Balaban J connectivity index is 1.66. The molecule has 0 bridgehead atoms. The normalized spacial score (nSPS) is 10.1. The van der Waals surface area contributed by atoms with E-state index in [9.17, 15) is 4.79 Å². The maximum Gasteiger partial charge on any atom is 0.257 e. The van der Waals surface area contributed by atoms with Crippen LogP contribution in [0.4, 0.5) is 0 Å². The van der Waals surface area contributed by atoms with Gasteiger partial charge in [0, 0.05) is 11.4 Å². The van der Waals surface area contributed by atoms with Gasteiger partial charge in [0.05, 0.1) is 6.61 Å². The molecule has 1 amide bonds. The van der Waals surface area contributed by atoms with Gasteiger partial charge in [-0.15, -0.1) is 11.3 Å². The van der Waals surface area contributed by atoms with Crippen LogP contribution in [0.5, 0.6) is 11.5 Å². The van der Waals surface area contributed by atoms with Crippen LogP contribution >= 0.6 is 11.3 Å². The minimum atomic E-state index is -0.111. The second kappa shape index (κ2) is 8.32. The maximum atomic E-state index is 11.7. The minimum absolute atomic E-state index is 0.0262. The number of ether oxygens (including phenoxy) is 2. The number of carbonyl (C=O) groups is 1. The lowest BCUT2D eigenvalue weighted by Gasteiger charge is -2.08. The van der Waals surface area contributed by atoms with E-state index in [2.05, 4.69) is 11.4 Å². The van der Waals surface area contributed by atoms with Crippen LogP contribution in [0.3, 0.4) is 0 Å². The molecule has 2 aromatic rings. The van der Waals surface area contributed by atoms with Crippen molar-refractivity contribution in [1.82, 2.24) is 5.32 Å². The largest absolute Gasteiger partial charge is 0.494 e. The van der Waals surface area contributed by atoms with Crippen molar-refractivity contribution in [1.29, 1.82) is 0 Å². The molecule has 5 heteroatoms. The van der Waals surface area contributed by atoms with E-state index in [0.717, 1.165) is 12.2 Å². The first-order valence-corrected chi connectivity index (χ1v) is 7.80. The maximum absolute atomic E-state index is 11.7. The second-order valence-electron chi connectivity index (χ2n) is 4.37. The number of hydrogen-bond donors (Lipinski definition) is 1. The molecule has 2 rings (SSSR count). The van der Waals surface area contributed by atoms with Crippen LogP contribution in [0, 0.1) is 0 Å². The molecule has 1 aromatic heterocycles. The highest BCUT2D eigenvalue weighted by molar-refractivity contribution is 7.09. The highest BCUT2D eigenvalue weighted by Gasteiger charge is 2.03. The molecule has 112 valence electrons. The molecular weight excluding hydrogens is 286 g/mol. The first kappa shape index (κ1) is 15.4. The summed E-state index contributed by atoms with van der Waals surface area (Å²) in [5.74, 6) is 1.34. The van der Waals surface area contributed by atoms with E-state index in [1.807, 2.05) is 30.5 Å². The van der Waals surface area contributed by atoms with E-state index in [0.29, 0.717) is 18.9 Å². The number of carbonyl (C=O) groups excluding carboxylic acids is 1. The number of hydrogen-bond acceptors (Lipinski definition) is 4. The highest BCUT2D eigenvalue weighted by atomic mass is 32.1. The van der Waals surface area contributed by atoms with Crippen LogP contribution in [0.1, 0.15) is 11.8 Å². The van der Waals surface area contributed by atoms with Gasteiger partial charge in [-0.05, 0) is 49.1 Å². The van der Waals surface area contributed by atoms with Gasteiger partial charge in [0.2, 0.25) is 0 Å². The molecule has 1 heterocycles. The van der Waals surface area contributed by atoms with Crippen molar-refractivity contribution in [3.63, 3.8) is 0 Å². The molecule has 0 saturated heterocycles. The van der Waals surface area contributed by atoms with Gasteiger partial charge in [0.15, 0.2) is 6.61 Å². The van der Waals surface area contributed by atoms with Crippen LogP contribution in [-0.2, 0) is 11.2 Å². The summed E-state index contributed by atoms with van der Waals surface area (Å²) in [6, 6.07) is 11.3. The lowest BCUT2D eigenvalue weighted by atomic mass is 10.3. The number of nitrogens with one attached hydrogen (secondary N) is 1. The molecule has 0 aliphatic rings. The van der Waals surface area contributed by atoms with Crippen molar-refractivity contribution >= 4 is 17.2 Å². The van der Waals surface area contributed by atoms with Gasteiger partial charge < -0.3 is 14.8 Å². The highest BCUT2D eigenvalue weighted by Crippen LogP contribution is 2.17. The fourth-order valence-corrected chi connectivity index (χ4v) is 2.49. The molecule has 0 aliphatic carbocycles. The summed E-state index contributed by atoms with van der Waals surface area (Å²) in [5, 5.41) is 4.87. The number of rotatable bonds is 8. The van der Waals surface area contributed by atoms with Crippen LogP contribution in [-0.4, -0.2) is 25.7 Å². The molecule has 0 atom stereocenters. The van der Waals surface area contributed by atoms with E-state index in [1.165, 1.54) is 4.88 Å². The molecule has 0 fully saturated rings. The Kier molecular flexibility index (Phi) is 6.09. The van der Waals surface area contributed by atoms with Gasteiger partial charge in [-0.25, -0.2) is 0 Å². The second-order valence-corrected chi connectivity index (χ2v) is 5.40. The van der Waals surface area contributed by atoms with Gasteiger partial charge >= 0.3 is 0 Å². The third-order valence-corrected chi connectivity index (χ3v) is 3.71. The van der Waals surface area contributed by atoms with E-state index < -0.39 is 0 Å². The number of benzene rings is 1. The Morgan fingerprint density at radius 1 is 1.14 bits per heavy atom. The van der Waals surface area contributed by atoms with Gasteiger partial charge in [-0.2, -0.15) is 0 Å². The van der Waals surface area contributed by atoms with Crippen LogP contribution in [0.25, 0.3) is 0 Å². The van der Waals surface area contributed by atoms with Gasteiger partial charge in [0.1, 0.15) is 11.5 Å². The van der Waals surface area contributed by atoms with Crippen molar-refractivity contribution in [2.24, 2.45) is 0 Å².